The largest absolute Gasteiger partial charge is 0.351 e. The smallest absolute Gasteiger partial charge is 0.314 e. The zero-order valence-electron chi connectivity index (χ0n) is 7.92. The van der Waals surface area contributed by atoms with Crippen LogP contribution in [0.2, 0.25) is 0 Å². The summed E-state index contributed by atoms with van der Waals surface area (Å²) in [6.45, 7) is 2.26. The molecule has 12 heavy (non-hydrogen) atoms. The van der Waals surface area contributed by atoms with Gasteiger partial charge >= 0.3 is 6.03 Å². The Morgan fingerprint density at radius 3 is 2.25 bits per heavy atom. The number of primary amides is 1. The lowest BCUT2D eigenvalue weighted by Gasteiger charge is -2.32. The molecule has 0 radical (unpaired) electrons. The summed E-state index contributed by atoms with van der Waals surface area (Å²) in [5.41, 5.74) is 5.19. The maximum atomic E-state index is 10.8. The molecule has 1 fully saturated rings. The first-order chi connectivity index (χ1) is 5.61. The summed E-state index contributed by atoms with van der Waals surface area (Å²) in [5, 5.41) is 0. The highest BCUT2D eigenvalue weighted by atomic mass is 16.2. The van der Waals surface area contributed by atoms with Crippen molar-refractivity contribution in [1.29, 1.82) is 0 Å². The summed E-state index contributed by atoms with van der Waals surface area (Å²) in [7, 11) is 1.79. The van der Waals surface area contributed by atoms with Gasteiger partial charge in [0.25, 0.3) is 0 Å². The predicted octanol–water partition coefficient (Wildman–Crippen LogP) is 1.58. The molecule has 1 aliphatic rings. The first kappa shape index (κ1) is 9.36. The van der Waals surface area contributed by atoms with Gasteiger partial charge in [-0.15, -0.1) is 0 Å². The van der Waals surface area contributed by atoms with E-state index in [1.807, 2.05) is 0 Å². The van der Waals surface area contributed by atoms with E-state index in [4.69, 9.17) is 5.73 Å². The number of hydrogen-bond acceptors (Lipinski definition) is 1. The van der Waals surface area contributed by atoms with Crippen LogP contribution >= 0.6 is 0 Å². The SMILES string of the molecule is CC1CCC(N(C)C(N)=O)CC1. The molecule has 3 nitrogen and oxygen atoms in total. The van der Waals surface area contributed by atoms with Gasteiger partial charge in [-0.2, -0.15) is 0 Å². The minimum absolute atomic E-state index is 0.297. The third-order valence-corrected chi connectivity index (χ3v) is 2.88. The Bertz CT molecular complexity index is 162. The molecule has 2 amide bonds. The molecule has 0 bridgehead atoms. The lowest BCUT2D eigenvalue weighted by atomic mass is 9.87. The average molecular weight is 170 g/mol. The maximum absolute atomic E-state index is 10.8. The minimum atomic E-state index is -0.297. The molecule has 0 spiro atoms. The van der Waals surface area contributed by atoms with Gasteiger partial charge in [-0.1, -0.05) is 6.92 Å². The van der Waals surface area contributed by atoms with Crippen LogP contribution < -0.4 is 5.73 Å². The van der Waals surface area contributed by atoms with Gasteiger partial charge in [-0.3, -0.25) is 0 Å². The van der Waals surface area contributed by atoms with Crippen LogP contribution in [0.4, 0.5) is 4.79 Å². The first-order valence-electron chi connectivity index (χ1n) is 4.63. The monoisotopic (exact) mass is 170 g/mol. The molecule has 2 N–H and O–H groups in total. The highest BCUT2D eigenvalue weighted by Crippen LogP contribution is 2.26. The lowest BCUT2D eigenvalue weighted by Crippen LogP contribution is -2.42. The van der Waals surface area contributed by atoms with Crippen LogP contribution in [0.25, 0.3) is 0 Å². The van der Waals surface area contributed by atoms with Crippen molar-refractivity contribution >= 4 is 6.03 Å². The molecule has 1 saturated carbocycles. The maximum Gasteiger partial charge on any atom is 0.314 e. The number of hydrogen-bond donors (Lipinski definition) is 1. The normalized spacial score (nSPS) is 29.8. The summed E-state index contributed by atoms with van der Waals surface area (Å²) in [6, 6.07) is 0.0910. The van der Waals surface area contributed by atoms with Gasteiger partial charge < -0.3 is 10.6 Å². The fourth-order valence-corrected chi connectivity index (χ4v) is 1.81. The molecule has 0 aromatic carbocycles. The van der Waals surface area contributed by atoms with Crippen molar-refractivity contribution in [2.24, 2.45) is 11.7 Å². The van der Waals surface area contributed by atoms with Gasteiger partial charge in [-0.05, 0) is 31.6 Å². The highest BCUT2D eigenvalue weighted by molar-refractivity contribution is 5.71. The van der Waals surface area contributed by atoms with Crippen LogP contribution in [0.3, 0.4) is 0 Å². The first-order valence-corrected chi connectivity index (χ1v) is 4.63. The second kappa shape index (κ2) is 3.78. The predicted molar refractivity (Wildman–Crippen MR) is 48.8 cm³/mol. The molecule has 0 aromatic heterocycles. The number of nitrogens with two attached hydrogens (primary N) is 1. The van der Waals surface area contributed by atoms with E-state index in [0.29, 0.717) is 6.04 Å². The second-order valence-electron chi connectivity index (χ2n) is 3.86. The fraction of sp³-hybridized carbons (Fsp3) is 0.889. The van der Waals surface area contributed by atoms with Crippen LogP contribution in [0.5, 0.6) is 0 Å². The van der Waals surface area contributed by atoms with E-state index in [0.717, 1.165) is 18.8 Å². The third kappa shape index (κ3) is 2.13. The van der Waals surface area contributed by atoms with E-state index in [1.165, 1.54) is 12.8 Å². The van der Waals surface area contributed by atoms with E-state index in [-0.39, 0.29) is 6.03 Å². The van der Waals surface area contributed by atoms with E-state index in [9.17, 15) is 4.79 Å². The molecule has 0 aliphatic heterocycles. The van der Waals surface area contributed by atoms with Crippen molar-refractivity contribution in [3.8, 4) is 0 Å². The van der Waals surface area contributed by atoms with Crippen molar-refractivity contribution < 1.29 is 4.79 Å². The number of amides is 2. The van der Waals surface area contributed by atoms with E-state index in [1.54, 1.807) is 11.9 Å². The number of carbonyl (C=O) groups is 1. The Labute approximate surface area is 73.9 Å². The molecule has 70 valence electrons. The number of nitrogens with zero attached hydrogens (tertiary/aromatic N) is 1. The third-order valence-electron chi connectivity index (χ3n) is 2.88. The molecule has 0 saturated heterocycles. The van der Waals surface area contributed by atoms with Gasteiger partial charge in [0.15, 0.2) is 0 Å². The molecule has 1 aliphatic carbocycles. The van der Waals surface area contributed by atoms with Crippen LogP contribution in [0, 0.1) is 5.92 Å². The van der Waals surface area contributed by atoms with Gasteiger partial charge in [-0.25, -0.2) is 4.79 Å². The van der Waals surface area contributed by atoms with Crippen molar-refractivity contribution in [3.05, 3.63) is 0 Å². The van der Waals surface area contributed by atoms with Crippen LogP contribution in [0.1, 0.15) is 32.6 Å². The summed E-state index contributed by atoms with van der Waals surface area (Å²) < 4.78 is 0. The standard InChI is InChI=1S/C9H18N2O/c1-7-3-5-8(6-4-7)11(2)9(10)12/h7-8H,3-6H2,1-2H3,(H2,10,12). The Hall–Kier alpha value is -0.730. The van der Waals surface area contributed by atoms with Crippen LogP contribution in [-0.4, -0.2) is 24.0 Å². The minimum Gasteiger partial charge on any atom is -0.351 e. The molecule has 3 heteroatoms. The Kier molecular flexibility index (Phi) is 2.95. The van der Waals surface area contributed by atoms with Gasteiger partial charge in [0.05, 0.1) is 0 Å². The quantitative estimate of drug-likeness (QED) is 0.638. The summed E-state index contributed by atoms with van der Waals surface area (Å²) in [6.07, 6.45) is 4.67. The Morgan fingerprint density at radius 1 is 1.33 bits per heavy atom. The summed E-state index contributed by atoms with van der Waals surface area (Å²) in [4.78, 5) is 12.5. The number of rotatable bonds is 1. The lowest BCUT2D eigenvalue weighted by molar-refractivity contribution is 0.171. The van der Waals surface area contributed by atoms with E-state index >= 15 is 0 Å². The number of carbonyl (C=O) groups excluding carboxylic acids is 1. The van der Waals surface area contributed by atoms with Gasteiger partial charge in [0, 0.05) is 13.1 Å². The van der Waals surface area contributed by atoms with Crippen LogP contribution in [-0.2, 0) is 0 Å². The summed E-state index contributed by atoms with van der Waals surface area (Å²) >= 11 is 0. The van der Waals surface area contributed by atoms with Crippen molar-refractivity contribution in [3.63, 3.8) is 0 Å². The Morgan fingerprint density at radius 2 is 1.83 bits per heavy atom. The zero-order chi connectivity index (χ0) is 9.14. The zero-order valence-corrected chi connectivity index (χ0v) is 7.92. The molecule has 0 unspecified atom stereocenters. The highest BCUT2D eigenvalue weighted by Gasteiger charge is 2.23. The van der Waals surface area contributed by atoms with E-state index < -0.39 is 0 Å². The number of urea groups is 1. The van der Waals surface area contributed by atoms with Gasteiger partial charge in [0.2, 0.25) is 0 Å². The van der Waals surface area contributed by atoms with Gasteiger partial charge in [0.1, 0.15) is 0 Å². The van der Waals surface area contributed by atoms with Crippen molar-refractivity contribution in [1.82, 2.24) is 4.90 Å². The molecular weight excluding hydrogens is 152 g/mol. The van der Waals surface area contributed by atoms with Crippen LogP contribution in [0.15, 0.2) is 0 Å². The molecule has 0 aromatic rings. The van der Waals surface area contributed by atoms with Crippen molar-refractivity contribution in [2.75, 3.05) is 7.05 Å². The average Bonchev–Trinajstić information content (AvgIpc) is 2.04. The summed E-state index contributed by atoms with van der Waals surface area (Å²) in [5.74, 6) is 0.822. The molecular formula is C9H18N2O. The molecule has 0 atom stereocenters. The van der Waals surface area contributed by atoms with E-state index in [2.05, 4.69) is 6.92 Å². The molecule has 1 rings (SSSR count). The molecule has 0 heterocycles. The topological polar surface area (TPSA) is 46.3 Å². The van der Waals surface area contributed by atoms with Crippen molar-refractivity contribution in [2.45, 2.75) is 38.6 Å². The fourth-order valence-electron chi connectivity index (χ4n) is 1.81. The second-order valence-corrected chi connectivity index (χ2v) is 3.86. The Balaban J connectivity index is 2.39.